The average Bonchev–Trinajstić information content (AvgIpc) is 2.63. The van der Waals surface area contributed by atoms with Gasteiger partial charge in [-0.3, -0.25) is 0 Å². The zero-order valence-electron chi connectivity index (χ0n) is 13.1. The Morgan fingerprint density at radius 2 is 0.920 bits per heavy atom. The van der Waals surface area contributed by atoms with Gasteiger partial charge >= 0.3 is 0 Å². The second-order valence-corrected chi connectivity index (χ2v) is 7.26. The fourth-order valence-electron chi connectivity index (χ4n) is 2.62. The van der Waals surface area contributed by atoms with Crippen LogP contribution in [0.5, 0.6) is 0 Å². The smallest absolute Gasteiger partial charge is 0.205 e. The molecular formula is C20H15F4S+. The lowest BCUT2D eigenvalue weighted by molar-refractivity contribution is 0.148. The van der Waals surface area contributed by atoms with Crippen molar-refractivity contribution in [3.05, 3.63) is 90.0 Å². The Kier molecular flexibility index (Phi) is 5.43. The van der Waals surface area contributed by atoms with Crippen LogP contribution in [0, 0.1) is 0 Å². The average molecular weight is 363 g/mol. The van der Waals surface area contributed by atoms with Gasteiger partial charge in [-0.25, -0.2) is 17.6 Å². The van der Waals surface area contributed by atoms with E-state index in [4.69, 9.17) is 0 Å². The van der Waals surface area contributed by atoms with Crippen molar-refractivity contribution >= 4 is 10.9 Å². The van der Waals surface area contributed by atoms with Crippen LogP contribution in [0.4, 0.5) is 17.6 Å². The summed E-state index contributed by atoms with van der Waals surface area (Å²) in [6, 6.07) is 21.2. The van der Waals surface area contributed by atoms with Crippen LogP contribution in [0.3, 0.4) is 0 Å². The summed E-state index contributed by atoms with van der Waals surface area (Å²) in [4.78, 5) is 1.47. The van der Waals surface area contributed by atoms with Crippen LogP contribution in [0.15, 0.2) is 93.5 Å². The van der Waals surface area contributed by atoms with Gasteiger partial charge in [0.1, 0.15) is 10.9 Å². The predicted octanol–water partition coefficient (Wildman–Crippen LogP) is 6.66. The summed E-state index contributed by atoms with van der Waals surface area (Å²) in [5.41, 5.74) is -0.252. The topological polar surface area (TPSA) is 0 Å². The van der Waals surface area contributed by atoms with Gasteiger partial charge in [0.25, 0.3) is 12.9 Å². The third-order valence-corrected chi connectivity index (χ3v) is 6.09. The van der Waals surface area contributed by atoms with Crippen molar-refractivity contribution < 1.29 is 17.6 Å². The Balaban J connectivity index is 2.27. The molecule has 3 aromatic rings. The lowest BCUT2D eigenvalue weighted by Gasteiger charge is -2.14. The second-order valence-electron chi connectivity index (χ2n) is 5.30. The fraction of sp³-hybridized carbons (Fsp3) is 0.100. The summed E-state index contributed by atoms with van der Waals surface area (Å²) < 4.78 is 54.1. The highest BCUT2D eigenvalue weighted by Gasteiger charge is 2.36. The molecule has 0 spiro atoms. The number of hydrogen-bond donors (Lipinski definition) is 0. The Bertz CT molecular complexity index is 782. The van der Waals surface area contributed by atoms with E-state index in [1.807, 2.05) is 6.07 Å². The molecule has 0 heterocycles. The van der Waals surface area contributed by atoms with E-state index >= 15 is 0 Å². The first-order valence-electron chi connectivity index (χ1n) is 7.63. The maximum absolute atomic E-state index is 13.5. The molecule has 3 aromatic carbocycles. The van der Waals surface area contributed by atoms with Crippen molar-refractivity contribution in [1.82, 2.24) is 0 Å². The Morgan fingerprint density at radius 1 is 0.520 bits per heavy atom. The summed E-state index contributed by atoms with van der Waals surface area (Å²) in [6.45, 7) is 0. The highest BCUT2D eigenvalue weighted by Crippen LogP contribution is 2.40. The van der Waals surface area contributed by atoms with Crippen molar-refractivity contribution in [2.45, 2.75) is 27.5 Å². The SMILES string of the molecule is FC(F)c1ccccc1[S+](c1ccccc1)c1ccccc1C(F)F. The lowest BCUT2D eigenvalue weighted by atomic mass is 10.2. The number of hydrogen-bond acceptors (Lipinski definition) is 0. The van der Waals surface area contributed by atoms with Crippen LogP contribution in [0.2, 0.25) is 0 Å². The van der Waals surface area contributed by atoms with E-state index in [9.17, 15) is 17.6 Å². The van der Waals surface area contributed by atoms with Crippen molar-refractivity contribution in [2.75, 3.05) is 0 Å². The van der Waals surface area contributed by atoms with Crippen LogP contribution in [-0.2, 0) is 10.9 Å². The van der Waals surface area contributed by atoms with E-state index in [0.29, 0.717) is 9.79 Å². The zero-order chi connectivity index (χ0) is 17.8. The summed E-state index contributed by atoms with van der Waals surface area (Å²) in [5, 5.41) is 0. The molecule has 0 aromatic heterocycles. The molecule has 0 unspecified atom stereocenters. The maximum atomic E-state index is 13.5. The van der Waals surface area contributed by atoms with Gasteiger partial charge in [-0.1, -0.05) is 42.5 Å². The molecule has 0 saturated carbocycles. The summed E-state index contributed by atoms with van der Waals surface area (Å²) in [6.07, 6.45) is -5.35. The van der Waals surface area contributed by atoms with E-state index in [0.717, 1.165) is 4.90 Å². The quantitative estimate of drug-likeness (QED) is 0.351. The molecule has 0 nitrogen and oxygen atoms in total. The summed E-state index contributed by atoms with van der Waals surface area (Å²) in [7, 11) is -1.04. The van der Waals surface area contributed by atoms with E-state index < -0.39 is 23.7 Å². The fourth-order valence-corrected chi connectivity index (χ4v) is 5.01. The van der Waals surface area contributed by atoms with E-state index in [1.54, 1.807) is 48.5 Å². The Hall–Kier alpha value is -2.27. The van der Waals surface area contributed by atoms with Gasteiger partial charge in [-0.05, 0) is 36.4 Å². The first-order chi connectivity index (χ1) is 12.1. The first-order valence-corrected chi connectivity index (χ1v) is 8.85. The molecule has 5 heteroatoms. The summed E-state index contributed by atoms with van der Waals surface area (Å²) in [5.74, 6) is 0. The largest absolute Gasteiger partial charge is 0.268 e. The minimum atomic E-state index is -2.67. The third kappa shape index (κ3) is 3.71. The predicted molar refractivity (Wildman–Crippen MR) is 91.4 cm³/mol. The van der Waals surface area contributed by atoms with Gasteiger partial charge in [0, 0.05) is 0 Å². The van der Waals surface area contributed by atoms with Crippen molar-refractivity contribution in [1.29, 1.82) is 0 Å². The van der Waals surface area contributed by atoms with Gasteiger partial charge in [0.15, 0.2) is 14.7 Å². The molecule has 128 valence electrons. The molecule has 0 atom stereocenters. The number of rotatable bonds is 5. The number of alkyl halides is 4. The minimum absolute atomic E-state index is 0.126. The Labute approximate surface area is 146 Å². The summed E-state index contributed by atoms with van der Waals surface area (Å²) >= 11 is 0. The van der Waals surface area contributed by atoms with Gasteiger partial charge < -0.3 is 0 Å². The van der Waals surface area contributed by atoms with E-state index in [1.165, 1.54) is 24.3 Å². The number of benzene rings is 3. The van der Waals surface area contributed by atoms with Crippen LogP contribution in [0.25, 0.3) is 0 Å². The Morgan fingerprint density at radius 3 is 1.36 bits per heavy atom. The van der Waals surface area contributed by atoms with Crippen LogP contribution in [0.1, 0.15) is 24.0 Å². The lowest BCUT2D eigenvalue weighted by Crippen LogP contribution is -2.10. The molecule has 25 heavy (non-hydrogen) atoms. The highest BCUT2D eigenvalue weighted by atomic mass is 32.2. The second kappa shape index (κ2) is 7.74. The molecule has 0 N–H and O–H groups in total. The normalized spacial score (nSPS) is 11.5. The molecule has 0 amide bonds. The van der Waals surface area contributed by atoms with Gasteiger partial charge in [0.2, 0.25) is 0 Å². The van der Waals surface area contributed by atoms with Gasteiger partial charge in [-0.15, -0.1) is 0 Å². The van der Waals surface area contributed by atoms with Gasteiger partial charge in [-0.2, -0.15) is 0 Å². The molecule has 0 fully saturated rings. The van der Waals surface area contributed by atoms with Crippen LogP contribution >= 0.6 is 0 Å². The first kappa shape index (κ1) is 17.5. The zero-order valence-corrected chi connectivity index (χ0v) is 13.9. The molecule has 0 saturated heterocycles. The number of halogens is 4. The standard InChI is InChI=1S/C20H15F4S/c21-19(22)15-10-4-6-12-17(15)25(14-8-2-1-3-9-14)18-13-7-5-11-16(18)20(23)24/h1-13,19-20H/q+1. The van der Waals surface area contributed by atoms with E-state index in [-0.39, 0.29) is 11.1 Å². The minimum Gasteiger partial charge on any atom is -0.205 e. The molecule has 0 aliphatic rings. The van der Waals surface area contributed by atoms with Crippen molar-refractivity contribution in [3.8, 4) is 0 Å². The molecule has 0 aliphatic heterocycles. The molecule has 0 bridgehead atoms. The molecule has 0 radical (unpaired) electrons. The molecule has 0 aliphatic carbocycles. The van der Waals surface area contributed by atoms with Crippen molar-refractivity contribution in [2.24, 2.45) is 0 Å². The molecule has 3 rings (SSSR count). The third-order valence-electron chi connectivity index (χ3n) is 3.73. The highest BCUT2D eigenvalue weighted by molar-refractivity contribution is 7.97. The maximum Gasteiger partial charge on any atom is 0.268 e. The van der Waals surface area contributed by atoms with Crippen LogP contribution < -0.4 is 0 Å². The monoisotopic (exact) mass is 363 g/mol. The van der Waals surface area contributed by atoms with Gasteiger partial charge in [0.05, 0.1) is 11.1 Å². The van der Waals surface area contributed by atoms with E-state index in [2.05, 4.69) is 0 Å². The van der Waals surface area contributed by atoms with Crippen LogP contribution in [-0.4, -0.2) is 0 Å². The van der Waals surface area contributed by atoms with Crippen molar-refractivity contribution in [3.63, 3.8) is 0 Å². The molecular weight excluding hydrogens is 348 g/mol.